The van der Waals surface area contributed by atoms with Gasteiger partial charge in [-0.05, 0) is 77.5 Å². The number of likely N-dealkylation sites (tertiary alicyclic amines) is 2. The minimum Gasteiger partial charge on any atom is -0.356 e. The van der Waals surface area contributed by atoms with Crippen molar-refractivity contribution in [2.45, 2.75) is 38.2 Å². The number of hydrogen-bond donors (Lipinski definition) is 0. The third-order valence-corrected chi connectivity index (χ3v) is 9.18. The van der Waals surface area contributed by atoms with Crippen LogP contribution < -0.4 is 0 Å². The van der Waals surface area contributed by atoms with Crippen molar-refractivity contribution in [1.82, 2.24) is 9.80 Å². The Morgan fingerprint density at radius 3 is 2.51 bits per heavy atom. The average Bonchev–Trinajstić information content (AvgIpc) is 3.58. The summed E-state index contributed by atoms with van der Waals surface area (Å²) in [6.07, 6.45) is 2.06. The van der Waals surface area contributed by atoms with Gasteiger partial charge in [-0.3, -0.25) is 4.90 Å². The Balaban J connectivity index is 1.16. The second kappa shape index (κ2) is 13.1. The third kappa shape index (κ3) is 7.15. The molecule has 0 bridgehead atoms. The number of methoxy groups -OCH3 is 1. The first-order valence-electron chi connectivity index (χ1n) is 13.2. The van der Waals surface area contributed by atoms with Gasteiger partial charge < -0.3 is 14.4 Å². The first kappa shape index (κ1) is 27.1. The number of benzene rings is 2. The summed E-state index contributed by atoms with van der Waals surface area (Å²) in [7, 11) is 1.77. The van der Waals surface area contributed by atoms with E-state index in [9.17, 15) is 0 Å². The summed E-state index contributed by atoms with van der Waals surface area (Å²) in [5.41, 5.74) is 3.81. The lowest BCUT2D eigenvalue weighted by molar-refractivity contribution is -0.171. The zero-order valence-corrected chi connectivity index (χ0v) is 23.7. The lowest BCUT2D eigenvalue weighted by Gasteiger charge is -2.37. The molecule has 0 spiro atoms. The van der Waals surface area contributed by atoms with E-state index >= 15 is 0 Å². The first-order chi connectivity index (χ1) is 18.1. The minimum absolute atomic E-state index is 0.146. The molecular formula is C30H36Cl2N2O2S. The number of ether oxygens (including phenoxy) is 2. The molecule has 5 rings (SSSR count). The second-order valence-corrected chi connectivity index (χ2v) is 12.0. The highest BCUT2D eigenvalue weighted by Crippen LogP contribution is 2.37. The van der Waals surface area contributed by atoms with Gasteiger partial charge in [0.25, 0.3) is 0 Å². The van der Waals surface area contributed by atoms with Gasteiger partial charge in [-0.15, -0.1) is 0 Å². The summed E-state index contributed by atoms with van der Waals surface area (Å²) in [5, 5.41) is 5.98. The van der Waals surface area contributed by atoms with E-state index in [-0.39, 0.29) is 6.29 Å². The maximum absolute atomic E-state index is 6.51. The van der Waals surface area contributed by atoms with Crippen molar-refractivity contribution in [3.63, 3.8) is 0 Å². The minimum atomic E-state index is -0.146. The molecule has 37 heavy (non-hydrogen) atoms. The van der Waals surface area contributed by atoms with Gasteiger partial charge in [-0.1, -0.05) is 59.6 Å². The lowest BCUT2D eigenvalue weighted by atomic mass is 9.89. The summed E-state index contributed by atoms with van der Waals surface area (Å²) in [4.78, 5) is 5.22. The van der Waals surface area contributed by atoms with Gasteiger partial charge in [0, 0.05) is 55.2 Å². The third-order valence-electron chi connectivity index (χ3n) is 7.90. The SMILES string of the molecule is COC(OCc1ccccc1)C1CCN(C[C@H]2CN(Cc3ccc(Cl)cc3Cl)C[C@@H]2c2ccsc2)CC1. The Labute approximate surface area is 235 Å². The molecule has 0 N–H and O–H groups in total. The van der Waals surface area contributed by atoms with Crippen LogP contribution in [0.1, 0.15) is 35.4 Å². The highest BCUT2D eigenvalue weighted by atomic mass is 35.5. The highest BCUT2D eigenvalue weighted by Gasteiger charge is 2.36. The van der Waals surface area contributed by atoms with Crippen LogP contribution in [0.3, 0.4) is 0 Å². The Morgan fingerprint density at radius 2 is 1.81 bits per heavy atom. The molecule has 1 aromatic heterocycles. The molecule has 3 aromatic rings. The van der Waals surface area contributed by atoms with Crippen LogP contribution in [0.5, 0.6) is 0 Å². The average molecular weight is 560 g/mol. The highest BCUT2D eigenvalue weighted by molar-refractivity contribution is 7.08. The molecule has 0 saturated carbocycles. The molecule has 2 fully saturated rings. The molecule has 3 atom stereocenters. The molecule has 3 heterocycles. The fraction of sp³-hybridized carbons (Fsp3) is 0.467. The van der Waals surface area contributed by atoms with Crippen molar-refractivity contribution >= 4 is 34.5 Å². The second-order valence-electron chi connectivity index (χ2n) is 10.4. The molecule has 2 aliphatic rings. The maximum atomic E-state index is 6.51. The summed E-state index contributed by atoms with van der Waals surface area (Å²) >= 11 is 14.4. The Hall–Kier alpha value is -1.44. The summed E-state index contributed by atoms with van der Waals surface area (Å²) < 4.78 is 11.9. The number of piperidine rings is 1. The molecule has 7 heteroatoms. The molecule has 198 valence electrons. The smallest absolute Gasteiger partial charge is 0.160 e. The standard InChI is InChI=1S/C30H36Cl2N2O2S/c1-35-30(36-20-22-5-3-2-4-6-22)23-9-12-33(13-10-23)17-26-18-34(19-28(26)25-11-14-37-21-25)16-24-7-8-27(31)15-29(24)32/h2-8,11,14-15,21,23,26,28,30H,9-10,12-13,16-20H2,1H3/t26-,28+,30?/m0/s1. The monoisotopic (exact) mass is 558 g/mol. The van der Waals surface area contributed by atoms with E-state index in [0.29, 0.717) is 29.4 Å². The fourth-order valence-electron chi connectivity index (χ4n) is 5.92. The van der Waals surface area contributed by atoms with Crippen molar-refractivity contribution in [3.8, 4) is 0 Å². The molecule has 0 radical (unpaired) electrons. The number of halogens is 2. The largest absolute Gasteiger partial charge is 0.356 e. The van der Waals surface area contributed by atoms with Crippen LogP contribution in [0.15, 0.2) is 65.4 Å². The summed E-state index contributed by atoms with van der Waals surface area (Å²) in [6, 6.07) is 18.5. The Kier molecular flexibility index (Phi) is 9.59. The van der Waals surface area contributed by atoms with E-state index in [1.807, 2.05) is 18.2 Å². The van der Waals surface area contributed by atoms with E-state index in [1.165, 1.54) is 11.1 Å². The predicted molar refractivity (Wildman–Crippen MR) is 153 cm³/mol. The van der Waals surface area contributed by atoms with Crippen molar-refractivity contribution in [2.24, 2.45) is 11.8 Å². The van der Waals surface area contributed by atoms with E-state index in [1.54, 1.807) is 18.4 Å². The molecule has 2 aromatic carbocycles. The quantitative estimate of drug-likeness (QED) is 0.246. The first-order valence-corrected chi connectivity index (χ1v) is 14.9. The zero-order chi connectivity index (χ0) is 25.6. The Morgan fingerprint density at radius 1 is 1.00 bits per heavy atom. The molecule has 2 saturated heterocycles. The van der Waals surface area contributed by atoms with Crippen molar-refractivity contribution in [1.29, 1.82) is 0 Å². The lowest BCUT2D eigenvalue weighted by Crippen LogP contribution is -2.42. The maximum Gasteiger partial charge on any atom is 0.160 e. The topological polar surface area (TPSA) is 24.9 Å². The van der Waals surface area contributed by atoms with Gasteiger partial charge >= 0.3 is 0 Å². The van der Waals surface area contributed by atoms with Crippen LogP contribution in [0.2, 0.25) is 10.0 Å². The number of thiophene rings is 1. The number of hydrogen-bond acceptors (Lipinski definition) is 5. The van der Waals surface area contributed by atoms with Crippen LogP contribution in [0.25, 0.3) is 0 Å². The summed E-state index contributed by atoms with van der Waals surface area (Å²) in [6.45, 7) is 6.92. The number of nitrogens with zero attached hydrogens (tertiary/aromatic N) is 2. The van der Waals surface area contributed by atoms with Gasteiger partial charge in [-0.25, -0.2) is 0 Å². The van der Waals surface area contributed by atoms with Gasteiger partial charge in [0.05, 0.1) is 6.61 Å². The summed E-state index contributed by atoms with van der Waals surface area (Å²) in [5.74, 6) is 1.59. The fourth-order valence-corrected chi connectivity index (χ4v) is 7.11. The van der Waals surface area contributed by atoms with E-state index in [4.69, 9.17) is 32.7 Å². The molecule has 0 aliphatic carbocycles. The van der Waals surface area contributed by atoms with Gasteiger partial charge in [0.2, 0.25) is 0 Å². The molecule has 4 nitrogen and oxygen atoms in total. The number of rotatable bonds is 10. The van der Waals surface area contributed by atoms with Gasteiger partial charge in [-0.2, -0.15) is 11.3 Å². The van der Waals surface area contributed by atoms with Crippen LogP contribution in [-0.4, -0.2) is 55.9 Å². The normalized spacial score (nSPS) is 22.5. The van der Waals surface area contributed by atoms with E-state index in [0.717, 1.165) is 62.7 Å². The van der Waals surface area contributed by atoms with E-state index < -0.39 is 0 Å². The van der Waals surface area contributed by atoms with Gasteiger partial charge in [0.15, 0.2) is 6.29 Å². The molecule has 2 aliphatic heterocycles. The molecule has 1 unspecified atom stereocenters. The van der Waals surface area contributed by atoms with Crippen LogP contribution in [0, 0.1) is 11.8 Å². The van der Waals surface area contributed by atoms with Crippen LogP contribution >= 0.6 is 34.5 Å². The predicted octanol–water partition coefficient (Wildman–Crippen LogP) is 7.17. The zero-order valence-electron chi connectivity index (χ0n) is 21.4. The van der Waals surface area contributed by atoms with E-state index in [2.05, 4.69) is 57.0 Å². The molecular weight excluding hydrogens is 523 g/mol. The van der Waals surface area contributed by atoms with Gasteiger partial charge in [0.1, 0.15) is 0 Å². The van der Waals surface area contributed by atoms with Crippen LogP contribution in [-0.2, 0) is 22.6 Å². The van der Waals surface area contributed by atoms with Crippen molar-refractivity contribution < 1.29 is 9.47 Å². The Bertz CT molecular complexity index is 1110. The van der Waals surface area contributed by atoms with Crippen LogP contribution in [0.4, 0.5) is 0 Å². The molecule has 0 amide bonds. The van der Waals surface area contributed by atoms with Crippen molar-refractivity contribution in [2.75, 3.05) is 39.8 Å². The van der Waals surface area contributed by atoms with Crippen molar-refractivity contribution in [3.05, 3.63) is 92.1 Å².